The highest BCUT2D eigenvalue weighted by molar-refractivity contribution is 7.92. The lowest BCUT2D eigenvalue weighted by Gasteiger charge is -2.28. The van der Waals surface area contributed by atoms with Gasteiger partial charge in [-0.2, -0.15) is 0 Å². The van der Waals surface area contributed by atoms with Crippen molar-refractivity contribution in [3.05, 3.63) is 58.6 Å². The van der Waals surface area contributed by atoms with E-state index in [2.05, 4.69) is 5.32 Å². The Balaban J connectivity index is 1.83. The average molecular weight is 478 g/mol. The number of hydrogen-bond donors (Lipinski definition) is 1. The molecule has 0 fully saturated rings. The van der Waals surface area contributed by atoms with Crippen molar-refractivity contribution >= 4 is 44.8 Å². The zero-order chi connectivity index (χ0) is 23.6. The third-order valence-corrected chi connectivity index (χ3v) is 7.01. The Morgan fingerprint density at radius 3 is 2.59 bits per heavy atom. The molecule has 0 saturated carbocycles. The first-order chi connectivity index (χ1) is 15.0. The molecule has 2 atom stereocenters. The number of sulfonamides is 1. The highest BCUT2D eigenvalue weighted by Crippen LogP contribution is 2.35. The van der Waals surface area contributed by atoms with E-state index in [9.17, 15) is 18.0 Å². The molecule has 1 heterocycles. The monoisotopic (exact) mass is 477 g/mol. The number of benzene rings is 2. The van der Waals surface area contributed by atoms with Crippen LogP contribution in [0.4, 0.5) is 11.4 Å². The van der Waals surface area contributed by atoms with Crippen LogP contribution in [0.2, 0.25) is 5.02 Å². The topological polar surface area (TPSA) is 86.8 Å². The van der Waals surface area contributed by atoms with Crippen molar-refractivity contribution in [1.82, 2.24) is 4.90 Å². The fraction of sp³-hybridized carbons (Fsp3) is 0.391. The van der Waals surface area contributed by atoms with Crippen LogP contribution in [0.15, 0.2) is 42.5 Å². The fourth-order valence-electron chi connectivity index (χ4n) is 4.07. The van der Waals surface area contributed by atoms with E-state index in [1.165, 1.54) is 15.5 Å². The van der Waals surface area contributed by atoms with E-state index in [1.54, 1.807) is 49.4 Å². The summed E-state index contributed by atoms with van der Waals surface area (Å²) in [6, 6.07) is 11.0. The van der Waals surface area contributed by atoms with Crippen molar-refractivity contribution in [2.24, 2.45) is 0 Å². The van der Waals surface area contributed by atoms with E-state index in [0.29, 0.717) is 41.3 Å². The third kappa shape index (κ3) is 5.07. The SMILES string of the molecule is CCCN(C(=O)c1ccc2c(c1)C[C@@H](C)N2S(C)(=O)=O)[C@H](C)C(=O)Nc1cccc(Cl)c1. The molecule has 0 radical (unpaired) electrons. The summed E-state index contributed by atoms with van der Waals surface area (Å²) in [5, 5.41) is 3.31. The maximum absolute atomic E-state index is 13.3. The number of carbonyl (C=O) groups is 2. The molecule has 2 aromatic carbocycles. The molecule has 32 heavy (non-hydrogen) atoms. The summed E-state index contributed by atoms with van der Waals surface area (Å²) in [6.07, 6.45) is 2.40. The van der Waals surface area contributed by atoms with Gasteiger partial charge in [0.2, 0.25) is 15.9 Å². The molecule has 0 saturated heterocycles. The summed E-state index contributed by atoms with van der Waals surface area (Å²) in [4.78, 5) is 27.7. The molecular weight excluding hydrogens is 450 g/mol. The van der Waals surface area contributed by atoms with Gasteiger partial charge in [0.1, 0.15) is 6.04 Å². The van der Waals surface area contributed by atoms with Gasteiger partial charge in [0.05, 0.1) is 11.9 Å². The Labute approximate surface area is 194 Å². The number of halogens is 1. The zero-order valence-electron chi connectivity index (χ0n) is 18.6. The van der Waals surface area contributed by atoms with E-state index in [4.69, 9.17) is 11.6 Å². The average Bonchev–Trinajstić information content (AvgIpc) is 3.06. The van der Waals surface area contributed by atoms with Gasteiger partial charge in [-0.05, 0) is 68.7 Å². The summed E-state index contributed by atoms with van der Waals surface area (Å²) in [5.41, 5.74) is 2.40. The van der Waals surface area contributed by atoms with Crippen molar-refractivity contribution in [2.45, 2.75) is 45.7 Å². The Morgan fingerprint density at radius 2 is 1.97 bits per heavy atom. The smallest absolute Gasteiger partial charge is 0.254 e. The van der Waals surface area contributed by atoms with Gasteiger partial charge in [-0.25, -0.2) is 8.42 Å². The second kappa shape index (κ2) is 9.50. The summed E-state index contributed by atoms with van der Waals surface area (Å²) < 4.78 is 25.7. The van der Waals surface area contributed by atoms with Crippen LogP contribution in [0.1, 0.15) is 43.1 Å². The summed E-state index contributed by atoms with van der Waals surface area (Å²) in [5.74, 6) is -0.582. The van der Waals surface area contributed by atoms with Crippen LogP contribution in [-0.2, 0) is 21.2 Å². The predicted molar refractivity (Wildman–Crippen MR) is 128 cm³/mol. The quantitative estimate of drug-likeness (QED) is 0.654. The van der Waals surface area contributed by atoms with Gasteiger partial charge in [0.25, 0.3) is 5.91 Å². The predicted octanol–water partition coefficient (Wildman–Crippen LogP) is 3.93. The van der Waals surface area contributed by atoms with Crippen molar-refractivity contribution in [3.63, 3.8) is 0 Å². The van der Waals surface area contributed by atoms with Gasteiger partial charge < -0.3 is 10.2 Å². The first-order valence-electron chi connectivity index (χ1n) is 10.5. The number of amides is 2. The van der Waals surface area contributed by atoms with Crippen molar-refractivity contribution in [1.29, 1.82) is 0 Å². The molecule has 0 spiro atoms. The minimum absolute atomic E-state index is 0.209. The van der Waals surface area contributed by atoms with Crippen LogP contribution >= 0.6 is 11.6 Å². The number of nitrogens with zero attached hydrogens (tertiary/aromatic N) is 2. The lowest BCUT2D eigenvalue weighted by atomic mass is 10.1. The van der Waals surface area contributed by atoms with Crippen LogP contribution in [0.3, 0.4) is 0 Å². The lowest BCUT2D eigenvalue weighted by molar-refractivity contribution is -0.120. The molecule has 9 heteroatoms. The van der Waals surface area contributed by atoms with Crippen LogP contribution < -0.4 is 9.62 Å². The fourth-order valence-corrected chi connectivity index (χ4v) is 5.53. The van der Waals surface area contributed by atoms with Crippen molar-refractivity contribution in [2.75, 3.05) is 22.4 Å². The first-order valence-corrected chi connectivity index (χ1v) is 12.7. The molecule has 2 aromatic rings. The van der Waals surface area contributed by atoms with E-state index in [0.717, 1.165) is 5.56 Å². The maximum atomic E-state index is 13.3. The molecule has 1 aliphatic rings. The molecule has 0 unspecified atom stereocenters. The van der Waals surface area contributed by atoms with Crippen LogP contribution in [0, 0.1) is 0 Å². The highest BCUT2D eigenvalue weighted by Gasteiger charge is 2.34. The second-order valence-electron chi connectivity index (χ2n) is 8.13. The molecular formula is C23H28ClN3O4S. The minimum Gasteiger partial charge on any atom is -0.327 e. The summed E-state index contributed by atoms with van der Waals surface area (Å²) in [7, 11) is -3.41. The molecule has 1 aliphatic heterocycles. The standard InChI is InChI=1S/C23H28ClN3O4S/c1-5-11-26(16(3)22(28)25-20-8-6-7-19(24)14-20)23(29)17-9-10-21-18(13-17)12-15(2)27(21)32(4,30)31/h6-10,13-16H,5,11-12H2,1-4H3,(H,25,28)/t15-,16-/m1/s1. The summed E-state index contributed by atoms with van der Waals surface area (Å²) in [6.45, 7) is 5.88. The van der Waals surface area contributed by atoms with E-state index < -0.39 is 16.1 Å². The number of nitrogens with one attached hydrogen (secondary N) is 1. The molecule has 0 aliphatic carbocycles. The lowest BCUT2D eigenvalue weighted by Crippen LogP contribution is -2.46. The normalized spacial score (nSPS) is 16.4. The highest BCUT2D eigenvalue weighted by atomic mass is 35.5. The molecule has 2 amide bonds. The Hall–Kier alpha value is -2.58. The Morgan fingerprint density at radius 1 is 1.25 bits per heavy atom. The molecule has 0 aromatic heterocycles. The Kier molecular flexibility index (Phi) is 7.15. The number of fused-ring (bicyclic) bond motifs is 1. The van der Waals surface area contributed by atoms with Gasteiger partial charge >= 0.3 is 0 Å². The van der Waals surface area contributed by atoms with Gasteiger partial charge in [-0.1, -0.05) is 24.6 Å². The molecule has 0 bridgehead atoms. The number of anilines is 2. The first kappa shape index (κ1) is 24.1. The minimum atomic E-state index is -3.41. The van der Waals surface area contributed by atoms with Crippen LogP contribution in [0.25, 0.3) is 0 Å². The molecule has 3 rings (SSSR count). The van der Waals surface area contributed by atoms with Gasteiger partial charge in [0.15, 0.2) is 0 Å². The third-order valence-electron chi connectivity index (χ3n) is 5.50. The molecule has 172 valence electrons. The number of hydrogen-bond acceptors (Lipinski definition) is 4. The zero-order valence-corrected chi connectivity index (χ0v) is 20.2. The van der Waals surface area contributed by atoms with Gasteiger partial charge in [0, 0.05) is 28.9 Å². The largest absolute Gasteiger partial charge is 0.327 e. The van der Waals surface area contributed by atoms with Crippen LogP contribution in [-0.4, -0.2) is 50.0 Å². The second-order valence-corrected chi connectivity index (χ2v) is 10.4. The Bertz CT molecular complexity index is 1140. The van der Waals surface area contributed by atoms with Crippen LogP contribution in [0.5, 0.6) is 0 Å². The molecule has 1 N–H and O–H groups in total. The van der Waals surface area contributed by atoms with E-state index in [1.807, 2.05) is 13.8 Å². The van der Waals surface area contributed by atoms with Gasteiger partial charge in [-0.15, -0.1) is 0 Å². The number of carbonyl (C=O) groups excluding carboxylic acids is 2. The van der Waals surface area contributed by atoms with Gasteiger partial charge in [-0.3, -0.25) is 13.9 Å². The number of rotatable bonds is 7. The summed E-state index contributed by atoms with van der Waals surface area (Å²) >= 11 is 5.99. The van der Waals surface area contributed by atoms with Crippen molar-refractivity contribution < 1.29 is 18.0 Å². The van der Waals surface area contributed by atoms with Crippen molar-refractivity contribution in [3.8, 4) is 0 Å². The maximum Gasteiger partial charge on any atom is 0.254 e. The van der Waals surface area contributed by atoms with E-state index >= 15 is 0 Å². The molecule has 7 nitrogen and oxygen atoms in total. The van der Waals surface area contributed by atoms with E-state index in [-0.39, 0.29) is 17.9 Å².